The second-order valence-corrected chi connectivity index (χ2v) is 3.42. The zero-order valence-corrected chi connectivity index (χ0v) is 9.10. The monoisotopic (exact) mass is 220 g/mol. The second-order valence-electron chi connectivity index (χ2n) is 3.42. The number of benzene rings is 1. The van der Waals surface area contributed by atoms with Crippen LogP contribution in [0.2, 0.25) is 0 Å². The number of rotatable bonds is 3. The van der Waals surface area contributed by atoms with E-state index in [-0.39, 0.29) is 5.69 Å². The number of methoxy groups -OCH3 is 1. The normalized spacial score (nSPS) is 10.6. The molecule has 0 radical (unpaired) electrons. The van der Waals surface area contributed by atoms with Gasteiger partial charge in [-0.2, -0.15) is 4.68 Å². The second kappa shape index (κ2) is 4.28. The van der Waals surface area contributed by atoms with Gasteiger partial charge in [0.25, 0.3) is 0 Å². The lowest BCUT2D eigenvalue weighted by molar-refractivity contribution is 0.184. The molecule has 6 nitrogen and oxygen atoms in total. The molecule has 0 aliphatic heterocycles. The molecule has 6 heteroatoms. The minimum absolute atomic E-state index is 0.358. The van der Waals surface area contributed by atoms with Gasteiger partial charge in [-0.3, -0.25) is 0 Å². The van der Waals surface area contributed by atoms with E-state index >= 15 is 0 Å². The minimum atomic E-state index is -0.358. The fourth-order valence-electron chi connectivity index (χ4n) is 1.57. The summed E-state index contributed by atoms with van der Waals surface area (Å²) in [6.45, 7) is 2.39. The largest absolute Gasteiger partial charge is 0.380 e. The summed E-state index contributed by atoms with van der Waals surface area (Å²) in [6, 6.07) is 5.64. The van der Waals surface area contributed by atoms with E-state index in [1.165, 1.54) is 4.68 Å². The molecule has 0 aliphatic rings. The van der Waals surface area contributed by atoms with E-state index in [0.717, 1.165) is 11.1 Å². The van der Waals surface area contributed by atoms with E-state index in [0.29, 0.717) is 12.3 Å². The fraction of sp³-hybridized carbons (Fsp3) is 0.300. The zero-order chi connectivity index (χ0) is 11.5. The van der Waals surface area contributed by atoms with Crippen LogP contribution in [0, 0.1) is 6.92 Å². The summed E-state index contributed by atoms with van der Waals surface area (Å²) in [4.78, 5) is 11.4. The van der Waals surface area contributed by atoms with Gasteiger partial charge in [0.05, 0.1) is 12.3 Å². The third kappa shape index (κ3) is 1.74. The molecule has 0 atom stereocenters. The average Bonchev–Trinajstić information content (AvgIpc) is 2.68. The quantitative estimate of drug-likeness (QED) is 0.813. The molecular weight excluding hydrogens is 208 g/mol. The molecule has 2 aromatic rings. The lowest BCUT2D eigenvalue weighted by atomic mass is 10.1. The van der Waals surface area contributed by atoms with Crippen molar-refractivity contribution < 1.29 is 4.74 Å². The standard InChI is InChI=1S/C10H12N4O2/c1-7-4-3-5-9(8(7)6-16-2)14-10(15)11-12-13-14/h3-5H,6H2,1-2H3,(H,11,13,15). The van der Waals surface area contributed by atoms with Crippen molar-refractivity contribution >= 4 is 0 Å². The van der Waals surface area contributed by atoms with Gasteiger partial charge in [-0.15, -0.1) is 0 Å². The highest BCUT2D eigenvalue weighted by molar-refractivity contribution is 5.44. The first-order valence-corrected chi connectivity index (χ1v) is 4.82. The van der Waals surface area contributed by atoms with Gasteiger partial charge in [-0.1, -0.05) is 12.1 Å². The maximum absolute atomic E-state index is 11.4. The van der Waals surface area contributed by atoms with Crippen LogP contribution in [0.5, 0.6) is 0 Å². The van der Waals surface area contributed by atoms with Crippen LogP contribution in [0.15, 0.2) is 23.0 Å². The van der Waals surface area contributed by atoms with Crippen LogP contribution in [-0.4, -0.2) is 27.3 Å². The Morgan fingerprint density at radius 1 is 1.50 bits per heavy atom. The van der Waals surface area contributed by atoms with E-state index in [4.69, 9.17) is 4.74 Å². The molecule has 0 aliphatic carbocycles. The van der Waals surface area contributed by atoms with Crippen LogP contribution in [0.25, 0.3) is 5.69 Å². The molecule has 0 unspecified atom stereocenters. The number of aromatic amines is 1. The number of ether oxygens (including phenoxy) is 1. The number of nitrogens with one attached hydrogen (secondary N) is 1. The summed E-state index contributed by atoms with van der Waals surface area (Å²) >= 11 is 0. The molecule has 1 N–H and O–H groups in total. The predicted octanol–water partition coefficient (Wildman–Crippen LogP) is 0.410. The topological polar surface area (TPSA) is 72.8 Å². The molecule has 0 saturated heterocycles. The molecule has 0 bridgehead atoms. The summed E-state index contributed by atoms with van der Waals surface area (Å²) in [5, 5.41) is 9.44. The number of aryl methyl sites for hydroxylation is 1. The first kappa shape index (κ1) is 10.6. The molecule has 0 fully saturated rings. The highest BCUT2D eigenvalue weighted by Crippen LogP contribution is 2.17. The highest BCUT2D eigenvalue weighted by Gasteiger charge is 2.10. The van der Waals surface area contributed by atoms with Gasteiger partial charge in [0.2, 0.25) is 0 Å². The third-order valence-electron chi connectivity index (χ3n) is 2.37. The number of H-pyrrole nitrogens is 1. The average molecular weight is 220 g/mol. The summed E-state index contributed by atoms with van der Waals surface area (Å²) in [7, 11) is 1.61. The molecule has 0 saturated carbocycles. The van der Waals surface area contributed by atoms with E-state index < -0.39 is 0 Å². The summed E-state index contributed by atoms with van der Waals surface area (Å²) in [6.07, 6.45) is 0. The molecular formula is C10H12N4O2. The van der Waals surface area contributed by atoms with Crippen molar-refractivity contribution in [1.29, 1.82) is 0 Å². The Morgan fingerprint density at radius 2 is 2.31 bits per heavy atom. The van der Waals surface area contributed by atoms with Crippen molar-refractivity contribution in [3.63, 3.8) is 0 Å². The van der Waals surface area contributed by atoms with Crippen LogP contribution in [-0.2, 0) is 11.3 Å². The lowest BCUT2D eigenvalue weighted by Crippen LogP contribution is -2.18. The van der Waals surface area contributed by atoms with Crippen molar-refractivity contribution in [3.05, 3.63) is 39.8 Å². The number of hydrogen-bond donors (Lipinski definition) is 1. The van der Waals surface area contributed by atoms with Crippen LogP contribution in [0.1, 0.15) is 11.1 Å². The van der Waals surface area contributed by atoms with E-state index in [9.17, 15) is 4.79 Å². The number of tetrazole rings is 1. The number of aromatic nitrogens is 4. The van der Waals surface area contributed by atoms with Gasteiger partial charge in [0, 0.05) is 12.7 Å². The molecule has 0 spiro atoms. The van der Waals surface area contributed by atoms with Crippen molar-refractivity contribution in [2.45, 2.75) is 13.5 Å². The number of hydrogen-bond acceptors (Lipinski definition) is 4. The molecule has 1 aromatic carbocycles. The molecule has 0 amide bonds. The van der Waals surface area contributed by atoms with Crippen LogP contribution >= 0.6 is 0 Å². The molecule has 1 aromatic heterocycles. The first-order chi connectivity index (χ1) is 7.74. The molecule has 1 heterocycles. The maximum atomic E-state index is 11.4. The fourth-order valence-corrected chi connectivity index (χ4v) is 1.57. The summed E-state index contributed by atoms with van der Waals surface area (Å²) in [5.74, 6) is 0. The van der Waals surface area contributed by atoms with Gasteiger partial charge in [-0.05, 0) is 29.0 Å². The SMILES string of the molecule is COCc1c(C)cccc1-n1nn[nH]c1=O. The van der Waals surface area contributed by atoms with Crippen molar-refractivity contribution in [1.82, 2.24) is 20.2 Å². The molecule has 16 heavy (non-hydrogen) atoms. The zero-order valence-electron chi connectivity index (χ0n) is 9.10. The Bertz CT molecular complexity index is 544. The van der Waals surface area contributed by atoms with Crippen LogP contribution < -0.4 is 5.69 Å². The van der Waals surface area contributed by atoms with Gasteiger partial charge in [0.1, 0.15) is 0 Å². The Hall–Kier alpha value is -1.95. The van der Waals surface area contributed by atoms with E-state index in [1.54, 1.807) is 7.11 Å². The molecule has 84 valence electrons. The van der Waals surface area contributed by atoms with Crippen molar-refractivity contribution in [2.24, 2.45) is 0 Å². The van der Waals surface area contributed by atoms with E-state index in [2.05, 4.69) is 15.5 Å². The van der Waals surface area contributed by atoms with Crippen LogP contribution in [0.3, 0.4) is 0 Å². The van der Waals surface area contributed by atoms with Gasteiger partial charge in [0.15, 0.2) is 0 Å². The number of nitrogens with zero attached hydrogens (tertiary/aromatic N) is 3. The first-order valence-electron chi connectivity index (χ1n) is 4.82. The lowest BCUT2D eigenvalue weighted by Gasteiger charge is -2.09. The Morgan fingerprint density at radius 3 is 2.94 bits per heavy atom. The van der Waals surface area contributed by atoms with Gasteiger partial charge < -0.3 is 4.74 Å². The highest BCUT2D eigenvalue weighted by atomic mass is 16.5. The smallest absolute Gasteiger partial charge is 0.365 e. The van der Waals surface area contributed by atoms with Crippen LogP contribution in [0.4, 0.5) is 0 Å². The van der Waals surface area contributed by atoms with Gasteiger partial charge >= 0.3 is 5.69 Å². The molecule has 2 rings (SSSR count). The predicted molar refractivity (Wildman–Crippen MR) is 57.4 cm³/mol. The third-order valence-corrected chi connectivity index (χ3v) is 2.37. The van der Waals surface area contributed by atoms with Crippen molar-refractivity contribution in [3.8, 4) is 5.69 Å². The van der Waals surface area contributed by atoms with E-state index in [1.807, 2.05) is 25.1 Å². The summed E-state index contributed by atoms with van der Waals surface area (Å²) < 4.78 is 6.34. The summed E-state index contributed by atoms with van der Waals surface area (Å²) in [5.41, 5.74) is 2.32. The Balaban J connectivity index is 2.61. The maximum Gasteiger partial charge on any atom is 0.365 e. The van der Waals surface area contributed by atoms with Gasteiger partial charge in [-0.25, -0.2) is 9.89 Å². The van der Waals surface area contributed by atoms with Crippen molar-refractivity contribution in [2.75, 3.05) is 7.11 Å². The Labute approximate surface area is 91.8 Å². The Kier molecular flexibility index (Phi) is 2.82. The minimum Gasteiger partial charge on any atom is -0.380 e.